The number of anilines is 1. The van der Waals surface area contributed by atoms with Gasteiger partial charge in [0.2, 0.25) is 6.41 Å². The normalized spacial score (nSPS) is 21.0. The molecule has 132 valence electrons. The van der Waals surface area contributed by atoms with Gasteiger partial charge in [0.15, 0.2) is 0 Å². The van der Waals surface area contributed by atoms with Crippen molar-refractivity contribution in [1.82, 2.24) is 9.62 Å². The van der Waals surface area contributed by atoms with Crippen LogP contribution in [0.25, 0.3) is 0 Å². The molecular formula is C19H23N3O2S. The minimum absolute atomic E-state index is 0.176. The van der Waals surface area contributed by atoms with Crippen LogP contribution in [-0.2, 0) is 30.5 Å². The van der Waals surface area contributed by atoms with Crippen molar-refractivity contribution in [3.63, 3.8) is 0 Å². The van der Waals surface area contributed by atoms with Gasteiger partial charge in [0.25, 0.3) is 0 Å². The number of urea groups is 1. The summed E-state index contributed by atoms with van der Waals surface area (Å²) in [5.41, 5.74) is 6.58. The first-order valence-corrected chi connectivity index (χ1v) is 9.91. The number of benzene rings is 1. The maximum absolute atomic E-state index is 12.3. The molecule has 1 unspecified atom stereocenters. The van der Waals surface area contributed by atoms with Crippen LogP contribution < -0.4 is 10.0 Å². The van der Waals surface area contributed by atoms with E-state index in [1.807, 2.05) is 11.5 Å². The zero-order valence-corrected chi connectivity index (χ0v) is 15.0. The maximum Gasteiger partial charge on any atom is 0.329 e. The second-order valence-corrected chi connectivity index (χ2v) is 7.65. The molecule has 1 aromatic carbocycles. The lowest BCUT2D eigenvalue weighted by Crippen LogP contribution is -2.45. The molecule has 0 radical (unpaired) electrons. The number of nitrogens with zero attached hydrogens (tertiary/aromatic N) is 1. The molecule has 5 nitrogen and oxygen atoms in total. The number of carbonyl (C=O) groups is 2. The van der Waals surface area contributed by atoms with Crippen LogP contribution >= 0.6 is 11.9 Å². The average molecular weight is 357 g/mol. The van der Waals surface area contributed by atoms with E-state index in [1.165, 1.54) is 47.0 Å². The van der Waals surface area contributed by atoms with E-state index < -0.39 is 0 Å². The van der Waals surface area contributed by atoms with Crippen molar-refractivity contribution in [2.75, 3.05) is 11.9 Å². The van der Waals surface area contributed by atoms with Crippen LogP contribution in [0.4, 0.5) is 10.5 Å². The summed E-state index contributed by atoms with van der Waals surface area (Å²) in [6, 6.07) is 2.36. The highest BCUT2D eigenvalue weighted by atomic mass is 32.2. The molecule has 25 heavy (non-hydrogen) atoms. The zero-order valence-electron chi connectivity index (χ0n) is 14.2. The zero-order chi connectivity index (χ0) is 17.2. The largest absolute Gasteiger partial charge is 0.339 e. The quantitative estimate of drug-likeness (QED) is 0.628. The van der Waals surface area contributed by atoms with Gasteiger partial charge in [-0.1, -0.05) is 12.1 Å². The summed E-state index contributed by atoms with van der Waals surface area (Å²) in [7, 11) is 0. The predicted octanol–water partition coefficient (Wildman–Crippen LogP) is 3.18. The fourth-order valence-electron chi connectivity index (χ4n) is 4.09. The molecule has 0 spiro atoms. The van der Waals surface area contributed by atoms with Crippen molar-refractivity contribution in [3.05, 3.63) is 39.8 Å². The molecule has 1 aliphatic heterocycles. The van der Waals surface area contributed by atoms with Crippen LogP contribution in [0.3, 0.4) is 0 Å². The minimum atomic E-state index is -0.176. The second-order valence-electron chi connectivity index (χ2n) is 6.94. The Bertz CT molecular complexity index is 700. The third-order valence-electron chi connectivity index (χ3n) is 5.48. The Kier molecular flexibility index (Phi) is 4.70. The highest BCUT2D eigenvalue weighted by molar-refractivity contribution is 8.00. The van der Waals surface area contributed by atoms with E-state index in [2.05, 4.69) is 16.1 Å². The highest BCUT2D eigenvalue weighted by Gasteiger charge is 2.25. The minimum Gasteiger partial charge on any atom is -0.339 e. The van der Waals surface area contributed by atoms with E-state index in [1.54, 1.807) is 4.90 Å². The van der Waals surface area contributed by atoms with Crippen molar-refractivity contribution >= 4 is 30.1 Å². The molecule has 2 aliphatic carbocycles. The number of nitrogens with one attached hydrogen (secondary N) is 2. The predicted molar refractivity (Wildman–Crippen MR) is 101 cm³/mol. The molecule has 1 heterocycles. The Hall–Kier alpha value is -1.95. The molecule has 1 saturated heterocycles. The van der Waals surface area contributed by atoms with E-state index in [4.69, 9.17) is 0 Å². The lowest BCUT2D eigenvalue weighted by atomic mass is 9.99. The lowest BCUT2D eigenvalue weighted by molar-refractivity contribution is -0.123. The van der Waals surface area contributed by atoms with Gasteiger partial charge in [-0.2, -0.15) is 0 Å². The summed E-state index contributed by atoms with van der Waals surface area (Å²) in [6.07, 6.45) is 10.6. The van der Waals surface area contributed by atoms with E-state index in [9.17, 15) is 9.59 Å². The molecule has 3 amide bonds. The first-order valence-electron chi connectivity index (χ1n) is 9.03. The standard InChI is InChI=1S/C19H23N3O2S/c23-12-22-9-7-15(22)8-10-25-21-19(24)20-18-16-5-1-3-13(16)11-14-4-2-6-17(14)18/h8,10-12,15H,1-7,9H2,(H2,20,21,24)/b10-8+. The van der Waals surface area contributed by atoms with Gasteiger partial charge in [0.1, 0.15) is 0 Å². The van der Waals surface area contributed by atoms with E-state index in [-0.39, 0.29) is 12.1 Å². The van der Waals surface area contributed by atoms with Gasteiger partial charge in [-0.05, 0) is 84.6 Å². The monoisotopic (exact) mass is 357 g/mol. The van der Waals surface area contributed by atoms with Gasteiger partial charge in [-0.15, -0.1) is 0 Å². The molecule has 6 heteroatoms. The van der Waals surface area contributed by atoms with Crippen LogP contribution in [0.15, 0.2) is 17.6 Å². The van der Waals surface area contributed by atoms with Crippen LogP contribution in [0.1, 0.15) is 41.5 Å². The van der Waals surface area contributed by atoms with Gasteiger partial charge in [-0.25, -0.2) is 4.79 Å². The number of amides is 3. The molecule has 1 fully saturated rings. The number of fused-ring (bicyclic) bond motifs is 2. The van der Waals surface area contributed by atoms with Gasteiger partial charge in [-0.3, -0.25) is 9.52 Å². The number of hydrogen-bond acceptors (Lipinski definition) is 3. The Morgan fingerprint density at radius 1 is 1.16 bits per heavy atom. The molecule has 2 N–H and O–H groups in total. The van der Waals surface area contributed by atoms with Crippen molar-refractivity contribution in [2.45, 2.75) is 51.0 Å². The summed E-state index contributed by atoms with van der Waals surface area (Å²) in [6.45, 7) is 0.821. The molecule has 0 aromatic heterocycles. The van der Waals surface area contributed by atoms with Crippen LogP contribution in [0.2, 0.25) is 0 Å². The molecule has 1 atom stereocenters. The van der Waals surface area contributed by atoms with E-state index in [0.717, 1.165) is 50.7 Å². The lowest BCUT2D eigenvalue weighted by Gasteiger charge is -2.35. The Morgan fingerprint density at radius 3 is 2.48 bits per heavy atom. The van der Waals surface area contributed by atoms with Crippen LogP contribution in [0, 0.1) is 0 Å². The number of likely N-dealkylation sites (tertiary alicyclic amines) is 1. The maximum atomic E-state index is 12.3. The topological polar surface area (TPSA) is 61.4 Å². The SMILES string of the molecule is O=CN1CCC1/C=C/SNC(=O)Nc1c2c(cc3c1CCC3)CCC2. The van der Waals surface area contributed by atoms with E-state index >= 15 is 0 Å². The van der Waals surface area contributed by atoms with Crippen molar-refractivity contribution in [2.24, 2.45) is 0 Å². The highest BCUT2D eigenvalue weighted by Crippen LogP contribution is 2.38. The summed E-state index contributed by atoms with van der Waals surface area (Å²) in [5.74, 6) is 0. The summed E-state index contributed by atoms with van der Waals surface area (Å²) < 4.78 is 2.82. The molecule has 3 aliphatic rings. The summed E-state index contributed by atoms with van der Waals surface area (Å²) in [5, 5.41) is 4.95. The fraction of sp³-hybridized carbons (Fsp3) is 0.474. The molecule has 4 rings (SSSR count). The van der Waals surface area contributed by atoms with Crippen molar-refractivity contribution in [1.29, 1.82) is 0 Å². The van der Waals surface area contributed by atoms with Crippen molar-refractivity contribution < 1.29 is 9.59 Å². The van der Waals surface area contributed by atoms with Gasteiger partial charge >= 0.3 is 6.03 Å². The third kappa shape index (κ3) is 3.27. The number of aryl methyl sites for hydroxylation is 2. The second kappa shape index (κ2) is 7.12. The third-order valence-corrected chi connectivity index (χ3v) is 6.07. The molecule has 0 bridgehead atoms. The Morgan fingerprint density at radius 2 is 1.88 bits per heavy atom. The smallest absolute Gasteiger partial charge is 0.329 e. The molecule has 1 aromatic rings. The summed E-state index contributed by atoms with van der Waals surface area (Å²) in [4.78, 5) is 24.8. The van der Waals surface area contributed by atoms with Crippen LogP contribution in [0.5, 0.6) is 0 Å². The van der Waals surface area contributed by atoms with Crippen molar-refractivity contribution in [3.8, 4) is 0 Å². The molecular weight excluding hydrogens is 334 g/mol. The first kappa shape index (κ1) is 16.5. The Balaban J connectivity index is 1.37. The number of hydrogen-bond donors (Lipinski definition) is 2. The summed E-state index contributed by atoms with van der Waals surface area (Å²) >= 11 is 1.25. The molecule has 0 saturated carbocycles. The Labute approximate surface area is 152 Å². The van der Waals surface area contributed by atoms with E-state index in [0.29, 0.717) is 0 Å². The first-order chi connectivity index (χ1) is 12.3. The number of carbonyl (C=O) groups excluding carboxylic acids is 2. The fourth-order valence-corrected chi connectivity index (χ4v) is 4.57. The van der Waals surface area contributed by atoms with Gasteiger partial charge in [0.05, 0.1) is 6.04 Å². The average Bonchev–Trinajstić information content (AvgIpc) is 3.22. The van der Waals surface area contributed by atoms with Crippen LogP contribution in [-0.4, -0.2) is 29.9 Å². The number of rotatable bonds is 5. The van der Waals surface area contributed by atoms with Gasteiger partial charge < -0.3 is 10.2 Å². The van der Waals surface area contributed by atoms with Gasteiger partial charge in [0, 0.05) is 12.2 Å².